The molecule has 2 aliphatic heterocycles. The second-order valence-electron chi connectivity index (χ2n) is 10.3. The summed E-state index contributed by atoms with van der Waals surface area (Å²) in [5.41, 5.74) is 2.72. The Hall–Kier alpha value is -4.60. The fourth-order valence-electron chi connectivity index (χ4n) is 5.46. The van der Waals surface area contributed by atoms with E-state index >= 15 is 0 Å². The average molecular weight is 543 g/mol. The van der Waals surface area contributed by atoms with E-state index in [4.69, 9.17) is 0 Å². The van der Waals surface area contributed by atoms with Gasteiger partial charge < -0.3 is 15.5 Å². The van der Waals surface area contributed by atoms with Crippen molar-refractivity contribution in [3.8, 4) is 0 Å². The molecule has 10 heteroatoms. The van der Waals surface area contributed by atoms with Gasteiger partial charge in [0.15, 0.2) is 11.6 Å². The van der Waals surface area contributed by atoms with Gasteiger partial charge in [-0.1, -0.05) is 36.4 Å². The Labute approximate surface area is 231 Å². The molecule has 0 aromatic heterocycles. The highest BCUT2D eigenvalue weighted by Crippen LogP contribution is 2.33. The van der Waals surface area contributed by atoms with Crippen molar-refractivity contribution in [1.82, 2.24) is 15.5 Å². The summed E-state index contributed by atoms with van der Waals surface area (Å²) in [6, 6.07) is 13.9. The van der Waals surface area contributed by atoms with E-state index in [1.807, 2.05) is 30.3 Å². The van der Waals surface area contributed by atoms with Crippen LogP contribution in [0.4, 0.5) is 5.69 Å². The number of ketones is 2. The van der Waals surface area contributed by atoms with E-state index in [1.165, 1.54) is 11.1 Å². The number of carbonyl (C=O) groups is 6. The zero-order valence-corrected chi connectivity index (χ0v) is 21.9. The van der Waals surface area contributed by atoms with Crippen molar-refractivity contribution < 1.29 is 28.8 Å². The maximum absolute atomic E-state index is 13.0. The summed E-state index contributed by atoms with van der Waals surface area (Å²) in [7, 11) is 0. The first kappa shape index (κ1) is 27.0. The van der Waals surface area contributed by atoms with Crippen LogP contribution in [-0.4, -0.2) is 52.7 Å². The molecule has 0 spiro atoms. The number of carbonyl (C=O) groups excluding carboxylic acids is 6. The van der Waals surface area contributed by atoms with E-state index in [0.29, 0.717) is 29.8 Å². The zero-order chi connectivity index (χ0) is 28.2. The van der Waals surface area contributed by atoms with Crippen LogP contribution in [0.2, 0.25) is 0 Å². The molecule has 3 aliphatic rings. The predicted octanol–water partition coefficient (Wildman–Crippen LogP) is 2.36. The number of imide groups is 1. The molecule has 2 heterocycles. The molecule has 10 nitrogen and oxygen atoms in total. The van der Waals surface area contributed by atoms with Crippen molar-refractivity contribution in [2.45, 2.75) is 57.0 Å². The van der Waals surface area contributed by atoms with Crippen LogP contribution in [-0.2, 0) is 30.5 Å². The highest BCUT2D eigenvalue weighted by Gasteiger charge is 2.40. The van der Waals surface area contributed by atoms with Gasteiger partial charge in [-0.3, -0.25) is 34.1 Å². The van der Waals surface area contributed by atoms with Gasteiger partial charge in [-0.05, 0) is 36.5 Å². The lowest BCUT2D eigenvalue weighted by molar-refractivity contribution is -0.137. The Kier molecular flexibility index (Phi) is 7.86. The van der Waals surface area contributed by atoms with Crippen LogP contribution in [0.3, 0.4) is 0 Å². The molecule has 1 unspecified atom stereocenters. The SMILES string of the molecule is O=C1CCC(N2Cc3c(NC(=O)CCCNC=C4C(=O)CC(c5ccccc5)CC4=O)cccc3C2=O)C(=O)N1. The Morgan fingerprint density at radius 3 is 2.45 bits per heavy atom. The van der Waals surface area contributed by atoms with Crippen molar-refractivity contribution in [1.29, 1.82) is 0 Å². The molecule has 3 N–H and O–H groups in total. The van der Waals surface area contributed by atoms with E-state index < -0.39 is 11.9 Å². The van der Waals surface area contributed by atoms with Gasteiger partial charge in [0.2, 0.25) is 17.7 Å². The van der Waals surface area contributed by atoms with Gasteiger partial charge in [0.05, 0.1) is 5.57 Å². The van der Waals surface area contributed by atoms with Crippen LogP contribution in [0.15, 0.2) is 60.3 Å². The second-order valence-corrected chi connectivity index (χ2v) is 10.3. The number of hydrogen-bond donors (Lipinski definition) is 3. The molecule has 2 aromatic carbocycles. The fraction of sp³-hybridized carbons (Fsp3) is 0.333. The molecule has 1 saturated carbocycles. The summed E-state index contributed by atoms with van der Waals surface area (Å²) in [6.45, 7) is 0.563. The van der Waals surface area contributed by atoms with Crippen molar-refractivity contribution in [3.05, 3.63) is 77.0 Å². The molecule has 1 aliphatic carbocycles. The first-order valence-corrected chi connectivity index (χ1v) is 13.4. The van der Waals surface area contributed by atoms with Crippen LogP contribution >= 0.6 is 0 Å². The van der Waals surface area contributed by atoms with Gasteiger partial charge >= 0.3 is 0 Å². The van der Waals surface area contributed by atoms with E-state index in [-0.39, 0.29) is 79.4 Å². The minimum absolute atomic E-state index is 0.104. The van der Waals surface area contributed by atoms with Gasteiger partial charge in [0.1, 0.15) is 6.04 Å². The Bertz CT molecular complexity index is 1400. The van der Waals surface area contributed by atoms with Crippen LogP contribution in [0, 0.1) is 0 Å². The number of anilines is 1. The van der Waals surface area contributed by atoms with Gasteiger partial charge in [0, 0.05) is 61.8 Å². The Balaban J connectivity index is 1.11. The molecule has 40 heavy (non-hydrogen) atoms. The number of rotatable bonds is 8. The summed E-state index contributed by atoms with van der Waals surface area (Å²) in [5.74, 6) is -1.86. The standard InChI is InChI=1S/C30H30N4O6/c35-25-14-19(18-6-2-1-3-7-18)15-26(36)21(25)16-31-13-5-10-27(37)32-23-9-4-8-20-22(23)17-34(30(20)40)24-11-12-28(38)33-29(24)39/h1-4,6-9,16,19,24,31H,5,10-15,17H2,(H,32,37)(H,33,38,39). The van der Waals surface area contributed by atoms with Crippen LogP contribution in [0.25, 0.3) is 0 Å². The lowest BCUT2D eigenvalue weighted by Gasteiger charge is -2.29. The zero-order valence-electron chi connectivity index (χ0n) is 21.9. The highest BCUT2D eigenvalue weighted by atomic mass is 16.2. The molecule has 1 saturated heterocycles. The highest BCUT2D eigenvalue weighted by molar-refractivity contribution is 6.22. The van der Waals surface area contributed by atoms with Crippen molar-refractivity contribution in [2.75, 3.05) is 11.9 Å². The summed E-state index contributed by atoms with van der Waals surface area (Å²) < 4.78 is 0. The maximum atomic E-state index is 13.0. The molecule has 1 atom stereocenters. The number of Topliss-reactive ketones (excluding diaryl/α,β-unsaturated/α-hetero) is 2. The number of piperidine rings is 1. The number of allylic oxidation sites excluding steroid dienone is 1. The number of fused-ring (bicyclic) bond motifs is 1. The lowest BCUT2D eigenvalue weighted by Crippen LogP contribution is -2.52. The minimum atomic E-state index is -0.728. The topological polar surface area (TPSA) is 142 Å². The van der Waals surface area contributed by atoms with E-state index in [0.717, 1.165) is 5.56 Å². The fourth-order valence-corrected chi connectivity index (χ4v) is 5.46. The summed E-state index contributed by atoms with van der Waals surface area (Å²) in [6.07, 6.45) is 3.11. The van der Waals surface area contributed by atoms with Crippen molar-refractivity contribution in [2.24, 2.45) is 0 Å². The third kappa shape index (κ3) is 5.70. The van der Waals surface area contributed by atoms with Crippen LogP contribution in [0.1, 0.15) is 65.9 Å². The number of benzene rings is 2. The Morgan fingerprint density at radius 2 is 1.73 bits per heavy atom. The molecular formula is C30H30N4O6. The van der Waals surface area contributed by atoms with Gasteiger partial charge in [0.25, 0.3) is 5.91 Å². The first-order valence-electron chi connectivity index (χ1n) is 13.4. The lowest BCUT2D eigenvalue weighted by atomic mass is 9.80. The van der Waals surface area contributed by atoms with E-state index in [1.54, 1.807) is 18.2 Å². The number of amides is 4. The summed E-state index contributed by atoms with van der Waals surface area (Å²) in [4.78, 5) is 76.0. The third-order valence-electron chi connectivity index (χ3n) is 7.56. The molecule has 2 fully saturated rings. The van der Waals surface area contributed by atoms with E-state index in [2.05, 4.69) is 16.0 Å². The predicted molar refractivity (Wildman–Crippen MR) is 145 cm³/mol. The molecule has 2 aromatic rings. The summed E-state index contributed by atoms with van der Waals surface area (Å²) in [5, 5.41) is 8.12. The molecule has 4 amide bonds. The first-order chi connectivity index (χ1) is 19.3. The monoisotopic (exact) mass is 542 g/mol. The quantitative estimate of drug-likeness (QED) is 0.201. The smallest absolute Gasteiger partial charge is 0.255 e. The molecular weight excluding hydrogens is 512 g/mol. The van der Waals surface area contributed by atoms with Gasteiger partial charge in [-0.15, -0.1) is 0 Å². The van der Waals surface area contributed by atoms with Gasteiger partial charge in [-0.25, -0.2) is 0 Å². The molecule has 5 rings (SSSR count). The molecule has 206 valence electrons. The maximum Gasteiger partial charge on any atom is 0.255 e. The number of nitrogens with zero attached hydrogens (tertiary/aromatic N) is 1. The number of nitrogens with one attached hydrogen (secondary N) is 3. The summed E-state index contributed by atoms with van der Waals surface area (Å²) >= 11 is 0. The molecule has 0 radical (unpaired) electrons. The van der Waals surface area contributed by atoms with Crippen molar-refractivity contribution in [3.63, 3.8) is 0 Å². The third-order valence-corrected chi connectivity index (χ3v) is 7.56. The average Bonchev–Trinajstić information content (AvgIpc) is 3.27. The largest absolute Gasteiger partial charge is 0.390 e. The second kappa shape index (κ2) is 11.6. The normalized spacial score (nSPS) is 20.8. The molecule has 0 bridgehead atoms. The number of hydrogen-bond acceptors (Lipinski definition) is 7. The van der Waals surface area contributed by atoms with Gasteiger partial charge in [-0.2, -0.15) is 0 Å². The minimum Gasteiger partial charge on any atom is -0.390 e. The van der Waals surface area contributed by atoms with Crippen LogP contribution < -0.4 is 16.0 Å². The van der Waals surface area contributed by atoms with Crippen molar-refractivity contribution >= 4 is 40.9 Å². The Morgan fingerprint density at radius 1 is 0.975 bits per heavy atom. The van der Waals surface area contributed by atoms with Crippen LogP contribution in [0.5, 0.6) is 0 Å². The van der Waals surface area contributed by atoms with E-state index in [9.17, 15) is 28.8 Å².